The molecule has 176 valence electrons. The number of aromatic nitrogens is 1. The Morgan fingerprint density at radius 2 is 2.12 bits per heavy atom. The summed E-state index contributed by atoms with van der Waals surface area (Å²) in [7, 11) is 0. The van der Waals surface area contributed by atoms with Crippen molar-refractivity contribution in [2.75, 3.05) is 12.0 Å². The number of amidine groups is 1. The highest BCUT2D eigenvalue weighted by Gasteiger charge is 2.65. The Hall–Kier alpha value is -3.08. The molecule has 0 radical (unpaired) electrons. The Labute approximate surface area is 190 Å². The molecule has 1 aliphatic heterocycles. The van der Waals surface area contributed by atoms with E-state index in [0.29, 0.717) is 0 Å². The van der Waals surface area contributed by atoms with Crippen molar-refractivity contribution < 1.29 is 31.8 Å². The predicted molar refractivity (Wildman–Crippen MR) is 112 cm³/mol. The maximum Gasteiger partial charge on any atom is 0.387 e. The number of nitrogens with two attached hydrogens (primary N) is 1. The average molecular weight is 487 g/mol. The monoisotopic (exact) mass is 486 g/mol. The van der Waals surface area contributed by atoms with Gasteiger partial charge in [0.25, 0.3) is 11.9 Å². The van der Waals surface area contributed by atoms with Crippen LogP contribution in [0.2, 0.25) is 5.02 Å². The van der Waals surface area contributed by atoms with E-state index in [9.17, 15) is 22.4 Å². The molecule has 3 N–H and O–H groups in total. The van der Waals surface area contributed by atoms with Gasteiger partial charge >= 0.3 is 6.61 Å². The van der Waals surface area contributed by atoms with Crippen LogP contribution in [0.15, 0.2) is 29.4 Å². The minimum absolute atomic E-state index is 0.0241. The summed E-state index contributed by atoms with van der Waals surface area (Å²) in [6, 6.07) is 3.29. The molecule has 1 saturated carbocycles. The lowest BCUT2D eigenvalue weighted by molar-refractivity contribution is -0.0501. The van der Waals surface area contributed by atoms with Crippen molar-refractivity contribution >= 4 is 29.2 Å². The van der Waals surface area contributed by atoms with Gasteiger partial charge in [0.15, 0.2) is 0 Å². The van der Waals surface area contributed by atoms with Gasteiger partial charge in [-0.25, -0.2) is 18.8 Å². The van der Waals surface area contributed by atoms with Gasteiger partial charge in [-0.05, 0) is 30.7 Å². The van der Waals surface area contributed by atoms with E-state index >= 15 is 0 Å². The number of pyridine rings is 1. The van der Waals surface area contributed by atoms with Crippen molar-refractivity contribution in [3.8, 4) is 5.75 Å². The highest BCUT2D eigenvalue weighted by molar-refractivity contribution is 6.31. The maximum absolute atomic E-state index is 14.7. The summed E-state index contributed by atoms with van der Waals surface area (Å²) in [5.74, 6) is -2.36. The van der Waals surface area contributed by atoms with Crippen molar-refractivity contribution in [3.63, 3.8) is 0 Å². The third-order valence-electron chi connectivity index (χ3n) is 5.87. The summed E-state index contributed by atoms with van der Waals surface area (Å²) in [6.07, 6.45) is 0.588. The molecule has 2 aliphatic rings. The zero-order valence-corrected chi connectivity index (χ0v) is 18.2. The van der Waals surface area contributed by atoms with Crippen LogP contribution in [0.5, 0.6) is 5.75 Å². The fraction of sp³-hybridized carbons (Fsp3) is 0.381. The number of benzene rings is 1. The van der Waals surface area contributed by atoms with Crippen LogP contribution in [0.4, 0.5) is 23.2 Å². The molecule has 33 heavy (non-hydrogen) atoms. The van der Waals surface area contributed by atoms with E-state index in [0.717, 1.165) is 12.3 Å². The summed E-state index contributed by atoms with van der Waals surface area (Å²) >= 11 is 6.19. The Morgan fingerprint density at radius 1 is 1.39 bits per heavy atom. The summed E-state index contributed by atoms with van der Waals surface area (Å²) in [5, 5.41) is 2.13. The fourth-order valence-corrected chi connectivity index (χ4v) is 4.57. The lowest BCUT2D eigenvalue weighted by Crippen LogP contribution is -2.39. The van der Waals surface area contributed by atoms with E-state index < -0.39 is 36.5 Å². The average Bonchev–Trinajstić information content (AvgIpc) is 3.39. The van der Waals surface area contributed by atoms with E-state index in [4.69, 9.17) is 22.1 Å². The van der Waals surface area contributed by atoms with E-state index in [-0.39, 0.29) is 51.3 Å². The number of ether oxygens (including phenoxy) is 2. The van der Waals surface area contributed by atoms with Crippen LogP contribution >= 0.6 is 11.6 Å². The second-order valence-corrected chi connectivity index (χ2v) is 8.34. The number of carbonyl (C=O) groups is 1. The van der Waals surface area contributed by atoms with Gasteiger partial charge in [0.05, 0.1) is 11.2 Å². The maximum atomic E-state index is 14.7. The third kappa shape index (κ3) is 4.05. The first kappa shape index (κ1) is 23.1. The van der Waals surface area contributed by atoms with Crippen LogP contribution in [0.25, 0.3) is 0 Å². The summed E-state index contributed by atoms with van der Waals surface area (Å²) < 4.78 is 63.6. The highest BCUT2D eigenvalue weighted by atomic mass is 35.5. The molecule has 7 nitrogen and oxygen atoms in total. The summed E-state index contributed by atoms with van der Waals surface area (Å²) in [5.41, 5.74) is 4.32. The van der Waals surface area contributed by atoms with Gasteiger partial charge < -0.3 is 20.5 Å². The second-order valence-electron chi connectivity index (χ2n) is 7.96. The number of carbonyl (C=O) groups excluding carboxylic acids is 1. The van der Waals surface area contributed by atoms with Crippen LogP contribution in [0.3, 0.4) is 0 Å². The highest BCUT2D eigenvalue weighted by Crippen LogP contribution is 2.58. The zero-order chi connectivity index (χ0) is 24.1. The molecule has 0 bridgehead atoms. The molecular weight excluding hydrogens is 468 g/mol. The molecule has 1 aliphatic carbocycles. The normalized spacial score (nSPS) is 25.7. The molecule has 12 heteroatoms. The number of rotatable bonds is 6. The number of nitrogens with one attached hydrogen (secondary N) is 1. The van der Waals surface area contributed by atoms with Gasteiger partial charge in [0.2, 0.25) is 0 Å². The van der Waals surface area contributed by atoms with Gasteiger partial charge in [-0.1, -0.05) is 18.5 Å². The Bertz CT molecular complexity index is 1150. The van der Waals surface area contributed by atoms with Crippen LogP contribution < -0.4 is 15.8 Å². The van der Waals surface area contributed by atoms with E-state index in [1.807, 2.05) is 6.92 Å². The van der Waals surface area contributed by atoms with Crippen molar-refractivity contribution in [1.82, 2.24) is 4.98 Å². The Morgan fingerprint density at radius 3 is 2.76 bits per heavy atom. The van der Waals surface area contributed by atoms with Gasteiger partial charge in [-0.2, -0.15) is 8.78 Å². The molecule has 1 amide bonds. The molecule has 2 heterocycles. The SMILES string of the molecule is Cc1cc(OC(F)F)cnc1C(=O)Nc1cc(F)c(Cl)c([C@]2(CF)N=C(N)O[C@H]3C(C)C32)c1. The first-order valence-electron chi connectivity index (χ1n) is 9.87. The molecular formula is C21H19ClF4N4O3. The van der Waals surface area contributed by atoms with Gasteiger partial charge in [0.1, 0.15) is 35.6 Å². The number of hydrogen-bond donors (Lipinski definition) is 2. The van der Waals surface area contributed by atoms with E-state index in [1.54, 1.807) is 0 Å². The smallest absolute Gasteiger partial charge is 0.387 e. The largest absolute Gasteiger partial charge is 0.461 e. The number of halogens is 5. The quantitative estimate of drug-likeness (QED) is 0.597. The Balaban J connectivity index is 1.67. The van der Waals surface area contributed by atoms with Gasteiger partial charge in [-0.3, -0.25) is 4.79 Å². The van der Waals surface area contributed by atoms with Crippen molar-refractivity contribution in [1.29, 1.82) is 0 Å². The molecule has 2 unspecified atom stereocenters. The first-order valence-corrected chi connectivity index (χ1v) is 10.3. The first-order chi connectivity index (χ1) is 15.6. The minimum Gasteiger partial charge on any atom is -0.461 e. The number of amides is 1. The lowest BCUT2D eigenvalue weighted by atomic mass is 9.84. The fourth-order valence-electron chi connectivity index (χ4n) is 4.30. The molecule has 0 saturated heterocycles. The molecule has 1 aromatic carbocycles. The molecule has 4 rings (SSSR count). The van der Waals surface area contributed by atoms with Gasteiger partial charge in [-0.15, -0.1) is 0 Å². The second kappa shape index (κ2) is 8.36. The molecule has 2 aromatic rings. The zero-order valence-electron chi connectivity index (χ0n) is 17.4. The number of alkyl halides is 3. The van der Waals surface area contributed by atoms with Crippen LogP contribution in [0, 0.1) is 24.6 Å². The van der Waals surface area contributed by atoms with E-state index in [1.165, 1.54) is 19.1 Å². The van der Waals surface area contributed by atoms with Crippen molar-refractivity contribution in [2.24, 2.45) is 22.6 Å². The number of aliphatic imine (C=N–C) groups is 1. The predicted octanol–water partition coefficient (Wildman–Crippen LogP) is 4.18. The summed E-state index contributed by atoms with van der Waals surface area (Å²) in [6.45, 7) is -0.745. The van der Waals surface area contributed by atoms with Crippen LogP contribution in [-0.4, -0.2) is 36.3 Å². The van der Waals surface area contributed by atoms with Gasteiger partial charge in [0, 0.05) is 23.1 Å². The summed E-state index contributed by atoms with van der Waals surface area (Å²) in [4.78, 5) is 20.7. The van der Waals surface area contributed by atoms with E-state index in [2.05, 4.69) is 20.0 Å². The number of anilines is 1. The molecule has 4 atom stereocenters. The lowest BCUT2D eigenvalue weighted by Gasteiger charge is -2.32. The van der Waals surface area contributed by atoms with Crippen LogP contribution in [0.1, 0.15) is 28.5 Å². The molecule has 1 aromatic heterocycles. The van der Waals surface area contributed by atoms with Crippen molar-refractivity contribution in [2.45, 2.75) is 32.1 Å². The number of hydrogen-bond acceptors (Lipinski definition) is 6. The topological polar surface area (TPSA) is 98.8 Å². The van der Waals surface area contributed by atoms with Crippen molar-refractivity contribution in [3.05, 3.63) is 52.1 Å². The number of nitrogens with zero attached hydrogens (tertiary/aromatic N) is 2. The van der Waals surface area contributed by atoms with Crippen LogP contribution in [-0.2, 0) is 10.3 Å². The standard InChI is InChI=1S/C21H19ClF4N4O3/c1-8-3-11(32-19(25)26)6-28-16(8)18(31)29-10-4-12(15(22)13(24)5-10)21(7-23)14-9(2)17(14)33-20(27)30-21/h3-6,9,14,17,19H,7H2,1-2H3,(H2,27,30)(H,29,31)/t9?,14?,17-,21-/m0/s1. The number of fused-ring (bicyclic) bond motifs is 1. The molecule has 1 fully saturated rings. The third-order valence-corrected chi connectivity index (χ3v) is 6.25. The number of aryl methyl sites for hydroxylation is 1. The Kier molecular flexibility index (Phi) is 5.85. The molecule has 0 spiro atoms. The minimum atomic E-state index is -3.04.